The Labute approximate surface area is 94.8 Å². The first-order valence-electron chi connectivity index (χ1n) is 5.50. The summed E-state index contributed by atoms with van der Waals surface area (Å²) in [5.74, 6) is 0. The second kappa shape index (κ2) is 5.07. The summed E-state index contributed by atoms with van der Waals surface area (Å²) in [7, 11) is 0. The molecule has 1 aliphatic rings. The Kier molecular flexibility index (Phi) is 3.75. The highest BCUT2D eigenvalue weighted by Crippen LogP contribution is 2.29. The highest BCUT2D eigenvalue weighted by atomic mass is 32.1. The molecule has 84 valence electrons. The second-order valence-electron chi connectivity index (χ2n) is 3.90. The molecule has 1 fully saturated rings. The molecule has 2 N–H and O–H groups in total. The Morgan fingerprint density at radius 1 is 1.67 bits per heavy atom. The van der Waals surface area contributed by atoms with Crippen LogP contribution in [-0.2, 0) is 4.84 Å². The van der Waals surface area contributed by atoms with Crippen LogP contribution in [0.5, 0.6) is 0 Å². The molecular formula is C11H18N2OS. The number of thiophene rings is 1. The number of hydrogen-bond donors (Lipinski definition) is 1. The molecule has 0 amide bonds. The molecule has 3 nitrogen and oxygen atoms in total. The predicted molar refractivity (Wildman–Crippen MR) is 62.6 cm³/mol. The van der Waals surface area contributed by atoms with E-state index in [1.54, 1.807) is 11.3 Å². The Balaban J connectivity index is 2.15. The highest BCUT2D eigenvalue weighted by Gasteiger charge is 2.29. The van der Waals surface area contributed by atoms with E-state index in [1.807, 2.05) is 0 Å². The van der Waals surface area contributed by atoms with Gasteiger partial charge in [0, 0.05) is 12.6 Å². The van der Waals surface area contributed by atoms with Crippen LogP contribution in [-0.4, -0.2) is 24.3 Å². The lowest BCUT2D eigenvalue weighted by Gasteiger charge is -2.30. The molecule has 0 radical (unpaired) electrons. The Bertz CT molecular complexity index is 283. The van der Waals surface area contributed by atoms with Crippen LogP contribution in [0.25, 0.3) is 0 Å². The third-order valence-electron chi connectivity index (χ3n) is 2.85. The summed E-state index contributed by atoms with van der Waals surface area (Å²) in [4.78, 5) is 5.62. The minimum Gasteiger partial charge on any atom is -0.326 e. The molecule has 2 heterocycles. The molecular weight excluding hydrogens is 208 g/mol. The fourth-order valence-corrected chi connectivity index (χ4v) is 2.67. The van der Waals surface area contributed by atoms with Gasteiger partial charge in [-0.1, -0.05) is 6.92 Å². The van der Waals surface area contributed by atoms with Gasteiger partial charge >= 0.3 is 0 Å². The van der Waals surface area contributed by atoms with Crippen LogP contribution in [0.4, 0.5) is 0 Å². The van der Waals surface area contributed by atoms with E-state index in [4.69, 9.17) is 10.6 Å². The second-order valence-corrected chi connectivity index (χ2v) is 4.68. The van der Waals surface area contributed by atoms with E-state index in [9.17, 15) is 0 Å². The zero-order valence-corrected chi connectivity index (χ0v) is 9.87. The quantitative estimate of drug-likeness (QED) is 0.855. The summed E-state index contributed by atoms with van der Waals surface area (Å²) in [6.45, 7) is 3.95. The van der Waals surface area contributed by atoms with Gasteiger partial charge in [0.05, 0.1) is 12.6 Å². The van der Waals surface area contributed by atoms with E-state index in [0.717, 1.165) is 26.0 Å². The summed E-state index contributed by atoms with van der Waals surface area (Å²) in [5, 5.41) is 6.32. The molecule has 2 unspecified atom stereocenters. The number of nitrogens with zero attached hydrogens (tertiary/aromatic N) is 1. The van der Waals surface area contributed by atoms with Crippen LogP contribution in [0, 0.1) is 0 Å². The van der Waals surface area contributed by atoms with Crippen molar-refractivity contribution in [3.63, 3.8) is 0 Å². The fourth-order valence-electron chi connectivity index (χ4n) is 1.98. The van der Waals surface area contributed by atoms with Crippen molar-refractivity contribution in [1.82, 2.24) is 5.06 Å². The fraction of sp³-hybridized carbons (Fsp3) is 0.636. The summed E-state index contributed by atoms with van der Waals surface area (Å²) in [6, 6.07) is 2.52. The van der Waals surface area contributed by atoms with Crippen molar-refractivity contribution in [1.29, 1.82) is 0 Å². The number of nitrogens with two attached hydrogens (primary N) is 1. The SMILES string of the molecule is CCC(N)C(c1ccsc1)N1CCCO1. The smallest absolute Gasteiger partial charge is 0.0760 e. The zero-order chi connectivity index (χ0) is 10.7. The van der Waals surface area contributed by atoms with E-state index in [2.05, 4.69) is 28.8 Å². The van der Waals surface area contributed by atoms with Gasteiger partial charge in [0.1, 0.15) is 0 Å². The summed E-state index contributed by atoms with van der Waals surface area (Å²) in [6.07, 6.45) is 2.08. The summed E-state index contributed by atoms with van der Waals surface area (Å²) < 4.78 is 0. The van der Waals surface area contributed by atoms with Crippen molar-refractivity contribution in [3.8, 4) is 0 Å². The van der Waals surface area contributed by atoms with Crippen molar-refractivity contribution >= 4 is 11.3 Å². The monoisotopic (exact) mass is 226 g/mol. The molecule has 0 bridgehead atoms. The van der Waals surface area contributed by atoms with Crippen molar-refractivity contribution in [2.75, 3.05) is 13.2 Å². The maximum absolute atomic E-state index is 6.17. The average molecular weight is 226 g/mol. The van der Waals surface area contributed by atoms with E-state index >= 15 is 0 Å². The maximum Gasteiger partial charge on any atom is 0.0760 e. The van der Waals surface area contributed by atoms with E-state index in [1.165, 1.54) is 5.56 Å². The van der Waals surface area contributed by atoms with Crippen molar-refractivity contribution in [3.05, 3.63) is 22.4 Å². The van der Waals surface area contributed by atoms with Gasteiger partial charge in [0.15, 0.2) is 0 Å². The lowest BCUT2D eigenvalue weighted by molar-refractivity contribution is -0.148. The third-order valence-corrected chi connectivity index (χ3v) is 3.55. The van der Waals surface area contributed by atoms with Crippen LogP contribution < -0.4 is 5.73 Å². The molecule has 1 saturated heterocycles. The first kappa shape index (κ1) is 11.1. The van der Waals surface area contributed by atoms with Gasteiger partial charge in [-0.25, -0.2) is 0 Å². The van der Waals surface area contributed by atoms with Crippen LogP contribution >= 0.6 is 11.3 Å². The van der Waals surface area contributed by atoms with Gasteiger partial charge in [-0.05, 0) is 35.2 Å². The van der Waals surface area contributed by atoms with E-state index in [0.29, 0.717) is 0 Å². The van der Waals surface area contributed by atoms with Crippen LogP contribution in [0.2, 0.25) is 0 Å². The van der Waals surface area contributed by atoms with E-state index < -0.39 is 0 Å². The molecule has 0 saturated carbocycles. The molecule has 4 heteroatoms. The Hall–Kier alpha value is -0.420. The summed E-state index contributed by atoms with van der Waals surface area (Å²) in [5.41, 5.74) is 7.46. The predicted octanol–water partition coefficient (Wildman–Crippen LogP) is 2.16. The average Bonchev–Trinajstić information content (AvgIpc) is 2.90. The molecule has 1 aromatic heterocycles. The molecule has 2 atom stereocenters. The van der Waals surface area contributed by atoms with Crippen LogP contribution in [0.1, 0.15) is 31.4 Å². The molecule has 0 aliphatic carbocycles. The number of rotatable bonds is 4. The molecule has 15 heavy (non-hydrogen) atoms. The van der Waals surface area contributed by atoms with Gasteiger partial charge in [0.2, 0.25) is 0 Å². The topological polar surface area (TPSA) is 38.5 Å². The van der Waals surface area contributed by atoms with Crippen molar-refractivity contribution in [2.24, 2.45) is 5.73 Å². The lowest BCUT2D eigenvalue weighted by Crippen LogP contribution is -2.38. The third kappa shape index (κ3) is 2.39. The van der Waals surface area contributed by atoms with E-state index in [-0.39, 0.29) is 12.1 Å². The highest BCUT2D eigenvalue weighted by molar-refractivity contribution is 7.07. The standard InChI is InChI=1S/C11H18N2OS/c1-2-10(12)11(9-4-7-15-8-9)13-5-3-6-14-13/h4,7-8,10-11H,2-3,5-6,12H2,1H3. The van der Waals surface area contributed by atoms with Crippen LogP contribution in [0.3, 0.4) is 0 Å². The minimum atomic E-state index is 0.151. The first-order valence-corrected chi connectivity index (χ1v) is 6.44. The molecule has 0 aromatic carbocycles. The lowest BCUT2D eigenvalue weighted by atomic mass is 10.0. The van der Waals surface area contributed by atoms with Crippen molar-refractivity contribution < 1.29 is 4.84 Å². The number of hydroxylamine groups is 2. The van der Waals surface area contributed by atoms with Crippen LogP contribution in [0.15, 0.2) is 16.8 Å². The van der Waals surface area contributed by atoms with Gasteiger partial charge in [0.25, 0.3) is 0 Å². The van der Waals surface area contributed by atoms with Gasteiger partial charge in [-0.2, -0.15) is 16.4 Å². The largest absolute Gasteiger partial charge is 0.326 e. The van der Waals surface area contributed by atoms with Gasteiger partial charge in [-0.3, -0.25) is 4.84 Å². The molecule has 1 aromatic rings. The molecule has 2 rings (SSSR count). The Morgan fingerprint density at radius 2 is 2.53 bits per heavy atom. The van der Waals surface area contributed by atoms with Gasteiger partial charge < -0.3 is 5.73 Å². The minimum absolute atomic E-state index is 0.151. The molecule has 0 spiro atoms. The zero-order valence-electron chi connectivity index (χ0n) is 9.06. The first-order chi connectivity index (χ1) is 7.33. The molecule has 1 aliphatic heterocycles. The maximum atomic E-state index is 6.17. The van der Waals surface area contributed by atoms with Crippen molar-refractivity contribution in [2.45, 2.75) is 31.8 Å². The normalized spacial score (nSPS) is 21.7. The summed E-state index contributed by atoms with van der Waals surface area (Å²) >= 11 is 1.72. The van der Waals surface area contributed by atoms with Gasteiger partial charge in [-0.15, -0.1) is 0 Å². The number of hydrogen-bond acceptors (Lipinski definition) is 4. The Morgan fingerprint density at radius 3 is 3.07 bits per heavy atom.